The smallest absolute Gasteiger partial charge is 0.249 e. The molecular weight excluding hydrogens is 502 g/mol. The van der Waals surface area contributed by atoms with E-state index < -0.39 is 29.3 Å². The van der Waals surface area contributed by atoms with Crippen molar-refractivity contribution in [3.05, 3.63) is 64.5 Å². The number of benzene rings is 2. The normalized spacial score (nSPS) is 17.2. The fourth-order valence-corrected chi connectivity index (χ4v) is 4.95. The van der Waals surface area contributed by atoms with E-state index in [-0.39, 0.29) is 38.0 Å². The molecule has 4 N–H and O–H groups in total. The number of nitrogens with one attached hydrogen (secondary N) is 2. The fraction of sp³-hybridized carbons (Fsp3) is 0.464. The maximum Gasteiger partial charge on any atom is 0.249 e. The van der Waals surface area contributed by atoms with Gasteiger partial charge in [-0.25, -0.2) is 4.39 Å². The molecule has 1 aliphatic heterocycles. The molecule has 1 fully saturated rings. The number of halogens is 1. The summed E-state index contributed by atoms with van der Waals surface area (Å²) < 4.78 is 15.1. The number of carbonyl (C=O) groups excluding carboxylic acids is 3. The number of amides is 3. The van der Waals surface area contributed by atoms with Crippen molar-refractivity contribution < 1.29 is 29.0 Å². The van der Waals surface area contributed by atoms with Crippen molar-refractivity contribution in [3.63, 3.8) is 0 Å². The Morgan fingerprint density at radius 2 is 2.03 bits per heavy atom. The Morgan fingerprint density at radius 3 is 2.64 bits per heavy atom. The summed E-state index contributed by atoms with van der Waals surface area (Å²) >= 11 is 0. The van der Waals surface area contributed by atoms with Gasteiger partial charge in [-0.3, -0.25) is 24.6 Å². The lowest BCUT2D eigenvalue weighted by Gasteiger charge is -2.42. The van der Waals surface area contributed by atoms with Crippen LogP contribution in [0.1, 0.15) is 48.9 Å². The molecule has 9 nitrogen and oxygen atoms in total. The van der Waals surface area contributed by atoms with Gasteiger partial charge in [-0.15, -0.1) is 0 Å². The summed E-state index contributed by atoms with van der Waals surface area (Å²) in [6.45, 7) is 7.73. The van der Waals surface area contributed by atoms with Crippen LogP contribution in [0.5, 0.6) is 0 Å². The Labute approximate surface area is 229 Å². The molecule has 0 spiro atoms. The van der Waals surface area contributed by atoms with Crippen molar-refractivity contribution >= 4 is 31.8 Å². The molecule has 2 atom stereocenters. The molecule has 1 heterocycles. The molecule has 1 saturated heterocycles. The lowest BCUT2D eigenvalue weighted by molar-refractivity contribution is -0.153. The van der Waals surface area contributed by atoms with E-state index in [4.69, 9.17) is 7.85 Å². The summed E-state index contributed by atoms with van der Waals surface area (Å²) in [5.41, 5.74) is -0.201. The van der Waals surface area contributed by atoms with E-state index in [1.54, 1.807) is 31.2 Å². The molecule has 0 aliphatic carbocycles. The second-order valence-electron chi connectivity index (χ2n) is 10.3. The Bertz CT molecular complexity index is 1190. The van der Waals surface area contributed by atoms with Crippen LogP contribution in [0.3, 0.4) is 0 Å². The van der Waals surface area contributed by atoms with Crippen molar-refractivity contribution in [1.82, 2.24) is 15.1 Å². The van der Waals surface area contributed by atoms with E-state index in [1.807, 2.05) is 6.07 Å². The van der Waals surface area contributed by atoms with Gasteiger partial charge >= 0.3 is 0 Å². The zero-order valence-electron chi connectivity index (χ0n) is 22.6. The van der Waals surface area contributed by atoms with Gasteiger partial charge in [0.05, 0.1) is 6.61 Å². The maximum absolute atomic E-state index is 15.1. The molecular formula is C28H36BFN4O5. The molecule has 1 aliphatic rings. The van der Waals surface area contributed by atoms with E-state index >= 15 is 4.39 Å². The number of anilines is 1. The van der Waals surface area contributed by atoms with Crippen LogP contribution in [-0.2, 0) is 33.1 Å². The molecule has 0 bridgehead atoms. The van der Waals surface area contributed by atoms with Crippen molar-refractivity contribution in [2.24, 2.45) is 5.92 Å². The zero-order chi connectivity index (χ0) is 28.7. The minimum Gasteiger partial charge on any atom is -0.395 e. The molecule has 2 aromatic rings. The summed E-state index contributed by atoms with van der Waals surface area (Å²) in [4.78, 5) is 38.9. The van der Waals surface area contributed by atoms with Crippen LogP contribution >= 0.6 is 0 Å². The van der Waals surface area contributed by atoms with Crippen LogP contribution in [0.4, 0.5) is 10.1 Å². The second-order valence-corrected chi connectivity index (χ2v) is 10.3. The SMILES string of the molecule is [B]C(O)(c1c(C)cccc1NCc1ccc(CN(CCO)CC(C)C)cc1F)N(C=O)C1CCC(=O)NC1=O. The number of aliphatic hydroxyl groups excluding tert-OH is 1. The molecule has 2 radical (unpaired) electrons. The average molecular weight is 538 g/mol. The quantitative estimate of drug-likeness (QED) is 0.133. The van der Waals surface area contributed by atoms with Crippen LogP contribution in [0.2, 0.25) is 0 Å². The third-order valence-electron chi connectivity index (χ3n) is 6.73. The van der Waals surface area contributed by atoms with Crippen molar-refractivity contribution in [2.45, 2.75) is 58.4 Å². The third-order valence-corrected chi connectivity index (χ3v) is 6.73. The second kappa shape index (κ2) is 13.2. The lowest BCUT2D eigenvalue weighted by Crippen LogP contribution is -2.59. The first-order valence-electron chi connectivity index (χ1n) is 13.0. The Balaban J connectivity index is 1.81. The van der Waals surface area contributed by atoms with E-state index in [0.717, 1.165) is 17.0 Å². The van der Waals surface area contributed by atoms with E-state index in [0.29, 0.717) is 35.8 Å². The highest BCUT2D eigenvalue weighted by molar-refractivity contribution is 6.16. The van der Waals surface area contributed by atoms with Gasteiger partial charge < -0.3 is 20.4 Å². The molecule has 2 aromatic carbocycles. The molecule has 3 amide bonds. The first kappa shape index (κ1) is 30.3. The van der Waals surface area contributed by atoms with Crippen LogP contribution in [0.15, 0.2) is 36.4 Å². The molecule has 0 saturated carbocycles. The van der Waals surface area contributed by atoms with Gasteiger partial charge in [0.15, 0.2) is 7.85 Å². The number of aliphatic hydroxyl groups is 2. The van der Waals surface area contributed by atoms with Crippen LogP contribution < -0.4 is 10.6 Å². The first-order valence-corrected chi connectivity index (χ1v) is 13.0. The van der Waals surface area contributed by atoms with Gasteiger partial charge in [-0.1, -0.05) is 38.1 Å². The monoisotopic (exact) mass is 538 g/mol. The van der Waals surface area contributed by atoms with Gasteiger partial charge in [0, 0.05) is 49.4 Å². The highest BCUT2D eigenvalue weighted by Crippen LogP contribution is 2.34. The number of aryl methyl sites for hydroxylation is 1. The fourth-order valence-electron chi connectivity index (χ4n) is 4.95. The summed E-state index contributed by atoms with van der Waals surface area (Å²) in [5.74, 6) is -1.20. The predicted molar refractivity (Wildman–Crippen MR) is 146 cm³/mol. The molecule has 2 unspecified atom stereocenters. The van der Waals surface area contributed by atoms with Crippen molar-refractivity contribution in [3.8, 4) is 0 Å². The zero-order valence-corrected chi connectivity index (χ0v) is 22.6. The van der Waals surface area contributed by atoms with Crippen LogP contribution in [0, 0.1) is 18.7 Å². The van der Waals surface area contributed by atoms with Gasteiger partial charge in [-0.2, -0.15) is 0 Å². The summed E-state index contributed by atoms with van der Waals surface area (Å²) in [7, 11) is 6.29. The van der Waals surface area contributed by atoms with Gasteiger partial charge in [0.2, 0.25) is 18.2 Å². The molecule has 0 aromatic heterocycles. The molecule has 3 rings (SSSR count). The van der Waals surface area contributed by atoms with Gasteiger partial charge in [-0.05, 0) is 42.5 Å². The number of piperidine rings is 1. The van der Waals surface area contributed by atoms with E-state index in [9.17, 15) is 24.6 Å². The Hall–Kier alpha value is -3.28. The minimum absolute atomic E-state index is 0.000206. The third kappa shape index (κ3) is 7.43. The van der Waals surface area contributed by atoms with Crippen molar-refractivity contribution in [1.29, 1.82) is 0 Å². The van der Waals surface area contributed by atoms with Gasteiger partial charge in [0.25, 0.3) is 0 Å². The predicted octanol–water partition coefficient (Wildman–Crippen LogP) is 1.73. The standard InChI is InChI=1S/C28H36BFN4O5/c1-18(2)15-33(11-12-35)16-20-7-8-21(22(30)13-20)14-31-23-6-4-5-19(3)26(23)28(29,39)34(17-36)24-9-10-25(37)32-27(24)38/h4-8,13,17-18,24,31,35,39H,9-12,14-16H2,1-3H3,(H,32,37,38). The summed E-state index contributed by atoms with van der Waals surface area (Å²) in [6, 6.07) is 8.88. The number of nitrogens with zero attached hydrogens (tertiary/aromatic N) is 2. The maximum atomic E-state index is 15.1. The lowest BCUT2D eigenvalue weighted by atomic mass is 9.78. The number of carbonyl (C=O) groups is 3. The van der Waals surface area contributed by atoms with E-state index in [1.165, 1.54) is 6.07 Å². The minimum atomic E-state index is -2.40. The molecule has 208 valence electrons. The first-order chi connectivity index (χ1) is 18.5. The van der Waals surface area contributed by atoms with Crippen LogP contribution in [-0.4, -0.2) is 71.8 Å². The number of imide groups is 1. The highest BCUT2D eigenvalue weighted by atomic mass is 19.1. The summed E-state index contributed by atoms with van der Waals surface area (Å²) in [6.07, 6.45) is 0.302. The largest absolute Gasteiger partial charge is 0.395 e. The average Bonchev–Trinajstić information content (AvgIpc) is 2.84. The molecule has 39 heavy (non-hydrogen) atoms. The number of hydrogen-bond donors (Lipinski definition) is 4. The number of rotatable bonds is 13. The number of hydrogen-bond acceptors (Lipinski definition) is 7. The van der Waals surface area contributed by atoms with Gasteiger partial charge in [0.1, 0.15) is 17.5 Å². The van der Waals surface area contributed by atoms with Crippen LogP contribution in [0.25, 0.3) is 0 Å². The van der Waals surface area contributed by atoms with E-state index in [2.05, 4.69) is 29.4 Å². The Kier molecular flexibility index (Phi) is 10.2. The highest BCUT2D eigenvalue weighted by Gasteiger charge is 2.42. The van der Waals surface area contributed by atoms with Crippen molar-refractivity contribution in [2.75, 3.05) is 25.0 Å². The molecule has 11 heteroatoms. The summed E-state index contributed by atoms with van der Waals surface area (Å²) in [5, 5.41) is 26.0. The Morgan fingerprint density at radius 1 is 1.28 bits per heavy atom. The topological polar surface area (TPSA) is 122 Å².